The van der Waals surface area contributed by atoms with E-state index in [4.69, 9.17) is 9.47 Å². The van der Waals surface area contributed by atoms with Crippen molar-refractivity contribution >= 4 is 65.6 Å². The first-order chi connectivity index (χ1) is 32.6. The molecule has 0 unspecified atom stereocenters. The number of methoxy groups -OCH3 is 2. The highest BCUT2D eigenvalue weighted by Gasteiger charge is 2.31. The summed E-state index contributed by atoms with van der Waals surface area (Å²) in [4.78, 5) is 67.6. The Kier molecular flexibility index (Phi) is 15.3. The molecule has 358 valence electrons. The number of sulfonamides is 2. The average Bonchev–Trinajstić information content (AvgIpc) is 3.33. The fourth-order valence-corrected chi connectivity index (χ4v) is 7.33. The molecule has 2 amide bonds. The number of aromatic nitrogens is 4. The number of fused-ring (bicyclic) bond motifs is 2. The molecule has 7 aromatic rings. The molecule has 0 saturated heterocycles. The van der Waals surface area contributed by atoms with Gasteiger partial charge in [-0.1, -0.05) is 54.6 Å². The highest BCUT2D eigenvalue weighted by atomic mass is 32.2. The Morgan fingerprint density at radius 1 is 0.580 bits per heavy atom. The second-order valence-electron chi connectivity index (χ2n) is 15.2. The molecular weight excluding hydrogens is 943 g/mol. The highest BCUT2D eigenvalue weighted by molar-refractivity contribution is 7.89. The van der Waals surface area contributed by atoms with Crippen LogP contribution in [0, 0.1) is 11.6 Å². The minimum atomic E-state index is -3.94. The summed E-state index contributed by atoms with van der Waals surface area (Å²) < 4.78 is 90.9. The molecule has 22 heteroatoms. The van der Waals surface area contributed by atoms with E-state index in [9.17, 15) is 49.9 Å². The molecule has 0 aliphatic heterocycles. The summed E-state index contributed by atoms with van der Waals surface area (Å²) in [7, 11) is -3.50. The molecule has 0 aliphatic carbocycles. The van der Waals surface area contributed by atoms with Crippen LogP contribution in [0.2, 0.25) is 0 Å². The van der Waals surface area contributed by atoms with Crippen molar-refractivity contribution in [3.05, 3.63) is 166 Å². The number of hydrogen-bond acceptors (Lipinski definition) is 16. The van der Waals surface area contributed by atoms with Crippen molar-refractivity contribution in [1.82, 2.24) is 28.5 Å². The van der Waals surface area contributed by atoms with Crippen LogP contribution in [0.4, 0.5) is 8.78 Å². The summed E-state index contributed by atoms with van der Waals surface area (Å²) >= 11 is 0. The van der Waals surface area contributed by atoms with E-state index >= 15 is 0 Å². The largest absolute Gasteiger partial charge is 0.504 e. The zero-order valence-electron chi connectivity index (χ0n) is 37.6. The quantitative estimate of drug-likeness (QED) is 0.137. The van der Waals surface area contributed by atoms with E-state index in [0.717, 1.165) is 57.5 Å². The summed E-state index contributed by atoms with van der Waals surface area (Å²) in [5, 5.41) is 10.7. The van der Waals surface area contributed by atoms with E-state index < -0.39 is 60.9 Å². The van der Waals surface area contributed by atoms with E-state index in [1.54, 1.807) is 30.3 Å². The standard InChI is InChI=1S/C27H24FN3O6S.C20H18FN3O6S/c1-31(38(3,34)35)26(32)23-21-14-19(13-17-9-11-20(28)12-10-17)15-29-22(21)25(24(30-23)27(33)36-2)37-16-18-7-5-4-6-8-18;1-24(31(3,28)29)19(26)16-14-9-12(8-11-4-6-13(21)7-5-11)10-22-15(14)18(25)17(23-16)20(27)30-2/h4-12,14-15H,13,16H2,1-3H3;4-7,9-10,25H,8H2,1-3H3. The molecule has 0 atom stereocenters. The fraction of sp³-hybridized carbons (Fsp3) is 0.191. The van der Waals surface area contributed by atoms with E-state index in [1.807, 2.05) is 30.3 Å². The number of rotatable bonds is 13. The van der Waals surface area contributed by atoms with Gasteiger partial charge in [-0.25, -0.2) is 53.8 Å². The first-order valence-corrected chi connectivity index (χ1v) is 23.9. The summed E-state index contributed by atoms with van der Waals surface area (Å²) in [6, 6.07) is 24.0. The van der Waals surface area contributed by atoms with Gasteiger partial charge in [0.15, 0.2) is 22.9 Å². The van der Waals surface area contributed by atoms with Gasteiger partial charge < -0.3 is 19.3 Å². The number of hydrogen-bond donors (Lipinski definition) is 1. The molecule has 1 N–H and O–H groups in total. The van der Waals surface area contributed by atoms with Crippen LogP contribution in [0.15, 0.2) is 103 Å². The van der Waals surface area contributed by atoms with E-state index in [1.165, 1.54) is 42.7 Å². The Bertz CT molecular complexity index is 3350. The maximum Gasteiger partial charge on any atom is 0.360 e. The number of aromatic hydroxyl groups is 1. The molecule has 0 spiro atoms. The Balaban J connectivity index is 0.000000232. The van der Waals surface area contributed by atoms with Gasteiger partial charge in [-0.15, -0.1) is 0 Å². The van der Waals surface area contributed by atoms with Gasteiger partial charge in [-0.3, -0.25) is 19.6 Å². The first-order valence-electron chi connectivity index (χ1n) is 20.2. The van der Waals surface area contributed by atoms with Gasteiger partial charge in [0.1, 0.15) is 40.7 Å². The number of amides is 2. The minimum absolute atomic E-state index is 0.0115. The maximum atomic E-state index is 13.4. The Morgan fingerprint density at radius 3 is 1.45 bits per heavy atom. The van der Waals surface area contributed by atoms with Crippen LogP contribution >= 0.6 is 0 Å². The Hall–Kier alpha value is -7.98. The van der Waals surface area contributed by atoms with Crippen molar-refractivity contribution in [2.45, 2.75) is 19.4 Å². The topological polar surface area (TPSA) is 243 Å². The third-order valence-corrected chi connectivity index (χ3v) is 12.6. The lowest BCUT2D eigenvalue weighted by atomic mass is 10.0. The number of ether oxygens (including phenoxy) is 3. The van der Waals surface area contributed by atoms with Gasteiger partial charge in [0.25, 0.3) is 11.8 Å². The number of nitrogens with zero attached hydrogens (tertiary/aromatic N) is 6. The third kappa shape index (κ3) is 11.8. The molecule has 0 saturated carbocycles. The van der Waals surface area contributed by atoms with Crippen molar-refractivity contribution in [2.75, 3.05) is 40.8 Å². The highest BCUT2D eigenvalue weighted by Crippen LogP contribution is 2.33. The number of carbonyl (C=O) groups is 4. The van der Waals surface area contributed by atoms with Gasteiger partial charge in [0.2, 0.25) is 20.0 Å². The molecule has 4 aromatic heterocycles. The molecule has 0 fully saturated rings. The first kappa shape index (κ1) is 50.4. The van der Waals surface area contributed by atoms with Crippen molar-refractivity contribution in [3.8, 4) is 11.5 Å². The lowest BCUT2D eigenvalue weighted by Crippen LogP contribution is -2.33. The van der Waals surface area contributed by atoms with Gasteiger partial charge in [0.05, 0.1) is 26.7 Å². The smallest absolute Gasteiger partial charge is 0.360 e. The zero-order valence-corrected chi connectivity index (χ0v) is 39.3. The normalized spacial score (nSPS) is 11.3. The zero-order chi connectivity index (χ0) is 50.4. The molecule has 7 rings (SSSR count). The van der Waals surface area contributed by atoms with Crippen LogP contribution in [0.1, 0.15) is 69.8 Å². The molecular formula is C47H42F2N6O12S2. The van der Waals surface area contributed by atoms with Gasteiger partial charge in [-0.05, 0) is 77.1 Å². The van der Waals surface area contributed by atoms with Crippen molar-refractivity contribution in [2.24, 2.45) is 0 Å². The summed E-state index contributed by atoms with van der Waals surface area (Å²) in [6.45, 7) is 0.0666. The number of pyridine rings is 4. The summed E-state index contributed by atoms with van der Waals surface area (Å²) in [5.41, 5.74) is 1.99. The predicted molar refractivity (Wildman–Crippen MR) is 246 cm³/mol. The SMILES string of the molecule is COC(=O)c1nc(C(=O)N(C)S(C)(=O)=O)c2cc(Cc3ccc(F)cc3)cnc2c1O.COC(=O)c1nc(C(=O)N(C)S(C)(=O)=O)c2cc(Cc3ccc(F)cc3)cnc2c1OCc1ccccc1. The Morgan fingerprint density at radius 2 is 1.00 bits per heavy atom. The summed E-state index contributed by atoms with van der Waals surface area (Å²) in [5.74, 6) is -5.26. The van der Waals surface area contributed by atoms with E-state index in [-0.39, 0.29) is 57.2 Å². The van der Waals surface area contributed by atoms with E-state index in [0.29, 0.717) is 32.6 Å². The minimum Gasteiger partial charge on any atom is -0.504 e. The van der Waals surface area contributed by atoms with Crippen LogP contribution in [0.5, 0.6) is 11.5 Å². The van der Waals surface area contributed by atoms with Crippen molar-refractivity contribution < 1.29 is 64.1 Å². The lowest BCUT2D eigenvalue weighted by Gasteiger charge is -2.18. The van der Waals surface area contributed by atoms with Gasteiger partial charge in [0, 0.05) is 37.3 Å². The number of halogens is 2. The van der Waals surface area contributed by atoms with Crippen LogP contribution in [0.25, 0.3) is 21.8 Å². The molecule has 0 aliphatic rings. The molecule has 18 nitrogen and oxygen atoms in total. The maximum absolute atomic E-state index is 13.4. The molecule has 0 radical (unpaired) electrons. The van der Waals surface area contributed by atoms with Crippen LogP contribution in [-0.4, -0.2) is 115 Å². The van der Waals surface area contributed by atoms with Crippen LogP contribution < -0.4 is 4.74 Å². The second-order valence-corrected chi connectivity index (χ2v) is 19.2. The second kappa shape index (κ2) is 20.9. The monoisotopic (exact) mass is 984 g/mol. The lowest BCUT2D eigenvalue weighted by molar-refractivity contribution is 0.0579. The average molecular weight is 985 g/mol. The fourth-order valence-electron chi connectivity index (χ4n) is 6.55. The number of esters is 2. The van der Waals surface area contributed by atoms with Crippen molar-refractivity contribution in [3.63, 3.8) is 0 Å². The number of benzene rings is 3. The molecule has 3 aromatic carbocycles. The van der Waals surface area contributed by atoms with Crippen molar-refractivity contribution in [1.29, 1.82) is 0 Å². The van der Waals surface area contributed by atoms with Gasteiger partial charge in [-0.2, -0.15) is 0 Å². The molecule has 4 heterocycles. The predicted octanol–water partition coefficient (Wildman–Crippen LogP) is 5.64. The molecule has 69 heavy (non-hydrogen) atoms. The molecule has 0 bridgehead atoms. The Labute approximate surface area is 394 Å². The van der Waals surface area contributed by atoms with Gasteiger partial charge >= 0.3 is 11.9 Å². The summed E-state index contributed by atoms with van der Waals surface area (Å²) in [6.07, 6.45) is 5.34. The number of carbonyl (C=O) groups excluding carboxylic acids is 4. The van der Waals surface area contributed by atoms with Crippen LogP contribution in [0.3, 0.4) is 0 Å². The van der Waals surface area contributed by atoms with Crippen LogP contribution in [-0.2, 0) is 49.0 Å². The van der Waals surface area contributed by atoms with E-state index in [2.05, 4.69) is 24.7 Å². The third-order valence-electron chi connectivity index (χ3n) is 10.3.